The highest BCUT2D eigenvalue weighted by atomic mass is 16.3. The Labute approximate surface area is 185 Å². The number of aliphatic hydroxyl groups excluding tert-OH is 1. The Morgan fingerprint density at radius 3 is 2.32 bits per heavy atom. The maximum atomic E-state index is 9.58. The number of aromatic hydroxyl groups is 1. The van der Waals surface area contributed by atoms with Gasteiger partial charge in [-0.25, -0.2) is 0 Å². The molecule has 1 atom stereocenters. The standard InChI is InChI=1S/C17H26N4O.C8H10O/c1-4-7-17(3,11-22)8-9-19-16-13-6-5-12(2)10-14(13)15(18)20-21-16;1-2-7-3-5-8(9)6-4-7/h5-6,10,22H,4,7-9,11H2,1-3H3,(H2,18,20)(H,19,21);3-6,9H,2H2,1H3. The molecule has 6 nitrogen and oxygen atoms in total. The third-order valence-corrected chi connectivity index (χ3v) is 5.56. The zero-order valence-corrected chi connectivity index (χ0v) is 19.2. The molecule has 168 valence electrons. The van der Waals surface area contributed by atoms with E-state index < -0.39 is 0 Å². The first kappa shape index (κ1) is 24.4. The molecule has 0 aliphatic rings. The fraction of sp³-hybridized carbons (Fsp3) is 0.440. The number of hydrogen-bond donors (Lipinski definition) is 4. The Balaban J connectivity index is 0.000000316. The van der Waals surface area contributed by atoms with Crippen molar-refractivity contribution < 1.29 is 10.2 Å². The largest absolute Gasteiger partial charge is 0.508 e. The van der Waals surface area contributed by atoms with E-state index in [2.05, 4.69) is 36.3 Å². The third kappa shape index (κ3) is 7.10. The average Bonchev–Trinajstić information content (AvgIpc) is 2.77. The number of anilines is 2. The molecule has 2 aromatic carbocycles. The van der Waals surface area contributed by atoms with Crippen LogP contribution in [0, 0.1) is 12.3 Å². The molecule has 0 spiro atoms. The number of benzene rings is 2. The van der Waals surface area contributed by atoms with E-state index in [-0.39, 0.29) is 12.0 Å². The average molecular weight is 425 g/mol. The fourth-order valence-corrected chi connectivity index (χ4v) is 3.52. The number of aryl methyl sites for hydroxylation is 2. The monoisotopic (exact) mass is 424 g/mol. The second-order valence-electron chi connectivity index (χ2n) is 8.40. The van der Waals surface area contributed by atoms with Crippen molar-refractivity contribution in [2.45, 2.75) is 53.4 Å². The number of phenols is 1. The van der Waals surface area contributed by atoms with Crippen LogP contribution in [-0.2, 0) is 6.42 Å². The fourth-order valence-electron chi connectivity index (χ4n) is 3.52. The maximum Gasteiger partial charge on any atom is 0.156 e. The number of hydrogen-bond acceptors (Lipinski definition) is 6. The summed E-state index contributed by atoms with van der Waals surface area (Å²) in [6, 6.07) is 13.4. The number of rotatable bonds is 8. The van der Waals surface area contributed by atoms with Gasteiger partial charge in [0, 0.05) is 23.9 Å². The summed E-state index contributed by atoms with van der Waals surface area (Å²) in [4.78, 5) is 0. The minimum atomic E-state index is -0.0463. The summed E-state index contributed by atoms with van der Waals surface area (Å²) in [5.41, 5.74) is 8.28. The maximum absolute atomic E-state index is 9.58. The first-order valence-corrected chi connectivity index (χ1v) is 11.0. The predicted octanol–water partition coefficient (Wildman–Crippen LogP) is 5.08. The lowest BCUT2D eigenvalue weighted by molar-refractivity contribution is 0.126. The number of nitrogens with two attached hydrogens (primary N) is 1. The smallest absolute Gasteiger partial charge is 0.156 e. The van der Waals surface area contributed by atoms with Crippen molar-refractivity contribution in [2.75, 3.05) is 24.2 Å². The number of nitrogens with one attached hydrogen (secondary N) is 1. The molecule has 0 fully saturated rings. The van der Waals surface area contributed by atoms with Crippen molar-refractivity contribution in [1.82, 2.24) is 10.2 Å². The van der Waals surface area contributed by atoms with Crippen molar-refractivity contribution >= 4 is 22.4 Å². The molecule has 0 saturated carbocycles. The molecule has 0 saturated heterocycles. The van der Waals surface area contributed by atoms with E-state index in [0.717, 1.165) is 54.4 Å². The summed E-state index contributed by atoms with van der Waals surface area (Å²) >= 11 is 0. The van der Waals surface area contributed by atoms with E-state index in [0.29, 0.717) is 11.6 Å². The van der Waals surface area contributed by atoms with Crippen LogP contribution in [0.2, 0.25) is 0 Å². The van der Waals surface area contributed by atoms with Crippen LogP contribution < -0.4 is 11.1 Å². The molecule has 3 rings (SSSR count). The van der Waals surface area contributed by atoms with Gasteiger partial charge in [-0.3, -0.25) is 0 Å². The van der Waals surface area contributed by atoms with Crippen LogP contribution in [-0.4, -0.2) is 33.6 Å². The van der Waals surface area contributed by atoms with Gasteiger partial charge in [0.2, 0.25) is 0 Å². The molecule has 1 unspecified atom stereocenters. The Kier molecular flexibility index (Phi) is 9.06. The van der Waals surface area contributed by atoms with Gasteiger partial charge in [0.25, 0.3) is 0 Å². The Bertz CT molecular complexity index is 960. The minimum Gasteiger partial charge on any atom is -0.508 e. The molecule has 1 heterocycles. The van der Waals surface area contributed by atoms with Gasteiger partial charge < -0.3 is 21.3 Å². The number of nitrogens with zero attached hydrogens (tertiary/aromatic N) is 2. The van der Waals surface area contributed by atoms with Crippen LogP contribution in [0.3, 0.4) is 0 Å². The molecule has 6 heteroatoms. The molecule has 1 aromatic heterocycles. The van der Waals surface area contributed by atoms with Gasteiger partial charge in [0.15, 0.2) is 11.6 Å². The van der Waals surface area contributed by atoms with Crippen LogP contribution in [0.1, 0.15) is 51.2 Å². The van der Waals surface area contributed by atoms with E-state index in [4.69, 9.17) is 10.8 Å². The minimum absolute atomic E-state index is 0.0463. The molecule has 0 amide bonds. The van der Waals surface area contributed by atoms with Crippen molar-refractivity contribution in [3.05, 3.63) is 53.6 Å². The quantitative estimate of drug-likeness (QED) is 0.402. The van der Waals surface area contributed by atoms with Crippen LogP contribution in [0.15, 0.2) is 42.5 Å². The third-order valence-electron chi connectivity index (χ3n) is 5.56. The van der Waals surface area contributed by atoms with Crippen molar-refractivity contribution in [1.29, 1.82) is 0 Å². The highest BCUT2D eigenvalue weighted by molar-refractivity contribution is 5.97. The van der Waals surface area contributed by atoms with Gasteiger partial charge in [-0.15, -0.1) is 10.2 Å². The van der Waals surface area contributed by atoms with Crippen molar-refractivity contribution in [3.8, 4) is 5.75 Å². The van der Waals surface area contributed by atoms with Gasteiger partial charge in [-0.2, -0.15) is 0 Å². The molecule has 5 N–H and O–H groups in total. The SMILES string of the molecule is CCCC(C)(CO)CCNc1nnc(N)c2cc(C)ccc12.CCc1ccc(O)cc1. The van der Waals surface area contributed by atoms with Crippen molar-refractivity contribution in [2.24, 2.45) is 5.41 Å². The van der Waals surface area contributed by atoms with E-state index in [1.165, 1.54) is 5.56 Å². The van der Waals surface area contributed by atoms with Crippen LogP contribution in [0.25, 0.3) is 10.8 Å². The molecule has 0 bridgehead atoms. The van der Waals surface area contributed by atoms with E-state index in [1.54, 1.807) is 12.1 Å². The first-order valence-electron chi connectivity index (χ1n) is 11.0. The lowest BCUT2D eigenvalue weighted by Crippen LogP contribution is -2.24. The summed E-state index contributed by atoms with van der Waals surface area (Å²) in [5.74, 6) is 1.55. The Hall–Kier alpha value is -2.86. The van der Waals surface area contributed by atoms with Crippen LogP contribution >= 0.6 is 0 Å². The second kappa shape index (κ2) is 11.5. The zero-order valence-electron chi connectivity index (χ0n) is 19.2. The second-order valence-corrected chi connectivity index (χ2v) is 8.40. The molecule has 31 heavy (non-hydrogen) atoms. The summed E-state index contributed by atoms with van der Waals surface area (Å²) in [7, 11) is 0. The Morgan fingerprint density at radius 1 is 1.00 bits per heavy atom. The number of nitrogen functional groups attached to an aromatic ring is 1. The Morgan fingerprint density at radius 2 is 1.71 bits per heavy atom. The molecule has 0 aliphatic carbocycles. The zero-order chi connectivity index (χ0) is 22.9. The van der Waals surface area contributed by atoms with Gasteiger partial charge in [-0.1, -0.05) is 57.0 Å². The lowest BCUT2D eigenvalue weighted by atomic mass is 9.83. The van der Waals surface area contributed by atoms with Gasteiger partial charge >= 0.3 is 0 Å². The van der Waals surface area contributed by atoms with E-state index in [1.807, 2.05) is 37.3 Å². The molecule has 0 aliphatic heterocycles. The number of aliphatic hydroxyl groups is 1. The van der Waals surface area contributed by atoms with Crippen molar-refractivity contribution in [3.63, 3.8) is 0 Å². The van der Waals surface area contributed by atoms with E-state index in [9.17, 15) is 5.11 Å². The highest BCUT2D eigenvalue weighted by Gasteiger charge is 2.21. The number of aromatic nitrogens is 2. The predicted molar refractivity (Wildman–Crippen MR) is 129 cm³/mol. The van der Waals surface area contributed by atoms with Crippen LogP contribution in [0.5, 0.6) is 5.75 Å². The normalized spacial score (nSPS) is 12.7. The molecule has 0 radical (unpaired) electrons. The van der Waals surface area contributed by atoms with Gasteiger partial charge in [-0.05, 0) is 55.4 Å². The number of fused-ring (bicyclic) bond motifs is 1. The summed E-state index contributed by atoms with van der Waals surface area (Å²) < 4.78 is 0. The highest BCUT2D eigenvalue weighted by Crippen LogP contribution is 2.28. The van der Waals surface area contributed by atoms with Crippen LogP contribution in [0.4, 0.5) is 11.6 Å². The molecule has 3 aromatic rings. The topological polar surface area (TPSA) is 104 Å². The molecular weight excluding hydrogens is 388 g/mol. The summed E-state index contributed by atoms with van der Waals surface area (Å²) in [6.45, 7) is 9.33. The summed E-state index contributed by atoms with van der Waals surface area (Å²) in [5, 5.41) is 31.9. The molecular formula is C25H36N4O2. The number of phenolic OH excluding ortho intramolecular Hbond substituents is 1. The lowest BCUT2D eigenvalue weighted by Gasteiger charge is -2.27. The van der Waals surface area contributed by atoms with E-state index >= 15 is 0 Å². The first-order chi connectivity index (χ1) is 14.8. The van der Waals surface area contributed by atoms with Gasteiger partial charge in [0.1, 0.15) is 5.75 Å². The summed E-state index contributed by atoms with van der Waals surface area (Å²) in [6.07, 6.45) is 4.00. The van der Waals surface area contributed by atoms with Gasteiger partial charge in [0.05, 0.1) is 0 Å².